The van der Waals surface area contributed by atoms with E-state index in [4.69, 9.17) is 9.84 Å². The number of urea groups is 1. The summed E-state index contributed by atoms with van der Waals surface area (Å²) in [7, 11) is 0. The van der Waals surface area contributed by atoms with Crippen molar-refractivity contribution in [3.05, 3.63) is 0 Å². The number of aliphatic carboxylic acids is 1. The van der Waals surface area contributed by atoms with Crippen molar-refractivity contribution in [1.29, 1.82) is 0 Å². The molecule has 1 fully saturated rings. The maximum Gasteiger partial charge on any atom is 0.329 e. The second-order valence-electron chi connectivity index (χ2n) is 3.42. The number of carbonyl (C=O) groups is 2. The van der Waals surface area contributed by atoms with Crippen LogP contribution in [0.1, 0.15) is 0 Å². The Bertz CT molecular complexity index is 241. The normalized spacial score (nSPS) is 15.9. The van der Waals surface area contributed by atoms with Crippen molar-refractivity contribution >= 4 is 12.0 Å². The molecule has 2 amide bonds. The average molecular weight is 231 g/mol. The fraction of sp³-hybridized carbons (Fsp3) is 0.778. The van der Waals surface area contributed by atoms with E-state index in [1.54, 1.807) is 4.90 Å². The molecular weight excluding hydrogens is 214 g/mol. The number of carbonyl (C=O) groups excluding carboxylic acids is 1. The van der Waals surface area contributed by atoms with Crippen molar-refractivity contribution in [3.63, 3.8) is 0 Å². The van der Waals surface area contributed by atoms with Crippen LogP contribution in [0.3, 0.4) is 0 Å². The zero-order chi connectivity index (χ0) is 11.8. The Hall–Kier alpha value is -1.34. The summed E-state index contributed by atoms with van der Waals surface area (Å²) in [5.74, 6) is -1.01. The number of carboxylic acids is 1. The number of hydrogen-bond acceptors (Lipinski definition) is 4. The van der Waals surface area contributed by atoms with Crippen LogP contribution in [0.4, 0.5) is 4.79 Å². The summed E-state index contributed by atoms with van der Waals surface area (Å²) >= 11 is 0. The van der Waals surface area contributed by atoms with E-state index in [0.717, 1.165) is 13.1 Å². The molecule has 0 aliphatic carbocycles. The molecule has 0 saturated carbocycles. The lowest BCUT2D eigenvalue weighted by molar-refractivity contribution is -0.142. The summed E-state index contributed by atoms with van der Waals surface area (Å²) in [5, 5.41) is 14.1. The van der Waals surface area contributed by atoms with E-state index >= 15 is 0 Å². The quantitative estimate of drug-likeness (QED) is 0.512. The van der Waals surface area contributed by atoms with Gasteiger partial charge in [-0.3, -0.25) is 0 Å². The lowest BCUT2D eigenvalue weighted by Crippen LogP contribution is -2.50. The van der Waals surface area contributed by atoms with Crippen LogP contribution in [0.25, 0.3) is 0 Å². The largest absolute Gasteiger partial charge is 0.480 e. The molecule has 1 aliphatic heterocycles. The van der Waals surface area contributed by atoms with Gasteiger partial charge < -0.3 is 25.4 Å². The van der Waals surface area contributed by atoms with E-state index in [1.807, 2.05) is 0 Å². The highest BCUT2D eigenvalue weighted by atomic mass is 16.5. The second-order valence-corrected chi connectivity index (χ2v) is 3.42. The molecule has 0 radical (unpaired) electrons. The molecule has 7 nitrogen and oxygen atoms in total. The zero-order valence-corrected chi connectivity index (χ0v) is 9.07. The Balaban J connectivity index is 2.03. The standard InChI is InChI=1S/C9H17N3O4/c13-8(14)7-16-6-3-11-9(15)12-4-1-10-2-5-12/h10H,1-7H2,(H,11,15)(H,13,14). The third kappa shape index (κ3) is 4.94. The highest BCUT2D eigenvalue weighted by Gasteiger charge is 2.14. The third-order valence-electron chi connectivity index (χ3n) is 2.15. The number of hydrogen-bond donors (Lipinski definition) is 3. The number of nitrogens with one attached hydrogen (secondary N) is 2. The van der Waals surface area contributed by atoms with Crippen molar-refractivity contribution in [3.8, 4) is 0 Å². The highest BCUT2D eigenvalue weighted by Crippen LogP contribution is 1.92. The first-order chi connectivity index (χ1) is 7.70. The van der Waals surface area contributed by atoms with Crippen LogP contribution in [0.5, 0.6) is 0 Å². The predicted octanol–water partition coefficient (Wildman–Crippen LogP) is -1.30. The van der Waals surface area contributed by atoms with Gasteiger partial charge in [-0.2, -0.15) is 0 Å². The Morgan fingerprint density at radius 2 is 2.06 bits per heavy atom. The van der Waals surface area contributed by atoms with Gasteiger partial charge in [0.15, 0.2) is 0 Å². The summed E-state index contributed by atoms with van der Waals surface area (Å²) < 4.78 is 4.79. The summed E-state index contributed by atoms with van der Waals surface area (Å²) in [6.45, 7) is 3.22. The molecular formula is C9H17N3O4. The molecule has 0 aromatic heterocycles. The van der Waals surface area contributed by atoms with Gasteiger partial charge in [-0.25, -0.2) is 9.59 Å². The molecule has 16 heavy (non-hydrogen) atoms. The summed E-state index contributed by atoms with van der Waals surface area (Å²) in [6.07, 6.45) is 0. The van der Waals surface area contributed by atoms with Crippen LogP contribution in [0, 0.1) is 0 Å². The number of nitrogens with zero attached hydrogens (tertiary/aromatic N) is 1. The zero-order valence-electron chi connectivity index (χ0n) is 9.07. The minimum absolute atomic E-state index is 0.125. The maximum atomic E-state index is 11.5. The van der Waals surface area contributed by atoms with E-state index in [9.17, 15) is 9.59 Å². The number of piperazine rings is 1. The van der Waals surface area contributed by atoms with E-state index in [-0.39, 0.29) is 19.2 Å². The lowest BCUT2D eigenvalue weighted by Gasteiger charge is -2.27. The van der Waals surface area contributed by atoms with E-state index < -0.39 is 5.97 Å². The first-order valence-corrected chi connectivity index (χ1v) is 5.23. The predicted molar refractivity (Wildman–Crippen MR) is 56.3 cm³/mol. The van der Waals surface area contributed by atoms with E-state index in [0.29, 0.717) is 19.6 Å². The molecule has 7 heteroatoms. The Labute approximate surface area is 93.7 Å². The van der Waals surface area contributed by atoms with Crippen molar-refractivity contribution in [2.45, 2.75) is 0 Å². The van der Waals surface area contributed by atoms with Crippen LogP contribution in [-0.2, 0) is 9.53 Å². The number of rotatable bonds is 5. The molecule has 0 aromatic rings. The van der Waals surface area contributed by atoms with Gasteiger partial charge in [0.1, 0.15) is 6.61 Å². The fourth-order valence-electron chi connectivity index (χ4n) is 1.37. The Kier molecular flexibility index (Phi) is 5.58. The molecule has 1 aliphatic rings. The maximum absolute atomic E-state index is 11.5. The molecule has 92 valence electrons. The highest BCUT2D eigenvalue weighted by molar-refractivity contribution is 5.74. The number of carboxylic acid groups (broad SMARTS) is 1. The van der Waals surface area contributed by atoms with Gasteiger partial charge in [-0.15, -0.1) is 0 Å². The van der Waals surface area contributed by atoms with Crippen LogP contribution in [0.15, 0.2) is 0 Å². The van der Waals surface area contributed by atoms with Crippen LogP contribution < -0.4 is 10.6 Å². The topological polar surface area (TPSA) is 90.9 Å². The summed E-state index contributed by atoms with van der Waals surface area (Å²) in [6, 6.07) is -0.125. The van der Waals surface area contributed by atoms with Crippen molar-refractivity contribution < 1.29 is 19.4 Å². The van der Waals surface area contributed by atoms with Crippen LogP contribution >= 0.6 is 0 Å². The second kappa shape index (κ2) is 7.02. The molecule has 0 unspecified atom stereocenters. The van der Waals surface area contributed by atoms with Gasteiger partial charge >= 0.3 is 12.0 Å². The first kappa shape index (κ1) is 12.7. The molecule has 1 saturated heterocycles. The van der Waals surface area contributed by atoms with Gasteiger partial charge in [0.2, 0.25) is 0 Å². The van der Waals surface area contributed by atoms with Crippen molar-refractivity contribution in [1.82, 2.24) is 15.5 Å². The van der Waals surface area contributed by atoms with Gasteiger partial charge in [0.25, 0.3) is 0 Å². The summed E-state index contributed by atoms with van der Waals surface area (Å²) in [4.78, 5) is 23.3. The first-order valence-electron chi connectivity index (χ1n) is 5.23. The summed E-state index contributed by atoms with van der Waals surface area (Å²) in [5.41, 5.74) is 0. The monoisotopic (exact) mass is 231 g/mol. The molecule has 0 aromatic carbocycles. The molecule has 1 heterocycles. The van der Waals surface area contributed by atoms with E-state index in [1.165, 1.54) is 0 Å². The average Bonchev–Trinajstić information content (AvgIpc) is 2.29. The molecule has 0 bridgehead atoms. The number of amides is 2. The van der Waals surface area contributed by atoms with Crippen LogP contribution in [-0.4, -0.2) is 67.9 Å². The van der Waals surface area contributed by atoms with E-state index in [2.05, 4.69) is 10.6 Å². The fourth-order valence-corrected chi connectivity index (χ4v) is 1.37. The molecule has 3 N–H and O–H groups in total. The molecule has 0 spiro atoms. The van der Waals surface area contributed by atoms with Gasteiger partial charge in [0, 0.05) is 32.7 Å². The minimum atomic E-state index is -1.01. The smallest absolute Gasteiger partial charge is 0.329 e. The third-order valence-corrected chi connectivity index (χ3v) is 2.15. The Morgan fingerprint density at radius 1 is 1.38 bits per heavy atom. The Morgan fingerprint density at radius 3 is 2.69 bits per heavy atom. The van der Waals surface area contributed by atoms with Crippen LogP contribution in [0.2, 0.25) is 0 Å². The van der Waals surface area contributed by atoms with Gasteiger partial charge in [-0.05, 0) is 0 Å². The van der Waals surface area contributed by atoms with Gasteiger partial charge in [0.05, 0.1) is 6.61 Å². The SMILES string of the molecule is O=C(O)COCCNC(=O)N1CCNCC1. The molecule has 0 atom stereocenters. The van der Waals surface area contributed by atoms with Crippen molar-refractivity contribution in [2.24, 2.45) is 0 Å². The minimum Gasteiger partial charge on any atom is -0.480 e. The van der Waals surface area contributed by atoms with Gasteiger partial charge in [-0.1, -0.05) is 0 Å². The lowest BCUT2D eigenvalue weighted by atomic mass is 10.4. The van der Waals surface area contributed by atoms with Crippen molar-refractivity contribution in [2.75, 3.05) is 45.9 Å². The molecule has 1 rings (SSSR count). The number of ether oxygens (including phenoxy) is 1.